The normalized spacial score (nSPS) is 25.1. The quantitative estimate of drug-likeness (QED) is 0.299. The molecule has 8 heteroatoms. The van der Waals surface area contributed by atoms with Gasteiger partial charge in [0.05, 0.1) is 18.2 Å². The van der Waals surface area contributed by atoms with E-state index in [0.29, 0.717) is 12.6 Å². The summed E-state index contributed by atoms with van der Waals surface area (Å²) in [5.41, 5.74) is -0.630. The Morgan fingerprint density at radius 3 is 2.81 bits per heavy atom. The van der Waals surface area contributed by atoms with Crippen molar-refractivity contribution in [2.45, 2.75) is 37.8 Å². The van der Waals surface area contributed by atoms with Gasteiger partial charge >= 0.3 is 0 Å². The zero-order chi connectivity index (χ0) is 17.5. The van der Waals surface area contributed by atoms with Gasteiger partial charge in [-0.05, 0) is 56.5 Å². The highest BCUT2D eigenvalue weighted by Gasteiger charge is 2.31. The summed E-state index contributed by atoms with van der Waals surface area (Å²) < 4.78 is 0. The molecule has 0 radical (unpaired) electrons. The second-order valence-electron chi connectivity index (χ2n) is 6.88. The predicted octanol–water partition coefficient (Wildman–Crippen LogP) is 2.93. The standard InChI is InChI=1S/C18H30N4OS2.HI/c1-2-19-17(21-13-18(23)7-11-24-14-18)20-12-15(16-6-5-10-25-16)22-8-3-4-9-22;/h5-6,10,15,23H,2-4,7-9,11-14H2,1H3,(H2,19,20,21);1H. The minimum absolute atomic E-state index is 0. The minimum Gasteiger partial charge on any atom is -0.387 e. The molecule has 2 unspecified atom stereocenters. The van der Waals surface area contributed by atoms with Crippen LogP contribution in [0, 0.1) is 0 Å². The van der Waals surface area contributed by atoms with Crippen LogP contribution in [0.15, 0.2) is 22.5 Å². The first-order valence-corrected chi connectivity index (χ1v) is 11.3. The molecule has 2 fully saturated rings. The highest BCUT2D eigenvalue weighted by atomic mass is 127. The van der Waals surface area contributed by atoms with Gasteiger partial charge in [-0.3, -0.25) is 9.89 Å². The maximum absolute atomic E-state index is 10.5. The molecule has 2 aliphatic heterocycles. The number of nitrogens with one attached hydrogen (secondary N) is 2. The molecule has 1 aromatic heterocycles. The maximum Gasteiger partial charge on any atom is 0.191 e. The average molecular weight is 511 g/mol. The molecule has 0 amide bonds. The number of guanidine groups is 1. The zero-order valence-corrected chi connectivity index (χ0v) is 19.4. The van der Waals surface area contributed by atoms with Crippen LogP contribution in [0.2, 0.25) is 0 Å². The van der Waals surface area contributed by atoms with E-state index in [1.165, 1.54) is 30.8 Å². The molecule has 0 saturated carbocycles. The number of hydrogen-bond acceptors (Lipinski definition) is 5. The molecule has 3 rings (SSSR count). The molecule has 2 saturated heterocycles. The fraction of sp³-hybridized carbons (Fsp3) is 0.722. The molecule has 3 N–H and O–H groups in total. The molecule has 148 valence electrons. The van der Waals surface area contributed by atoms with Gasteiger partial charge in [-0.1, -0.05) is 6.07 Å². The van der Waals surface area contributed by atoms with Gasteiger partial charge in [-0.25, -0.2) is 0 Å². The summed E-state index contributed by atoms with van der Waals surface area (Å²) in [7, 11) is 0. The predicted molar refractivity (Wildman–Crippen MR) is 124 cm³/mol. The summed E-state index contributed by atoms with van der Waals surface area (Å²) in [6, 6.07) is 4.77. The van der Waals surface area contributed by atoms with Crippen LogP contribution in [0.25, 0.3) is 0 Å². The van der Waals surface area contributed by atoms with Gasteiger partial charge in [0.15, 0.2) is 5.96 Å². The molecule has 26 heavy (non-hydrogen) atoms. The van der Waals surface area contributed by atoms with Gasteiger partial charge in [0.2, 0.25) is 0 Å². The summed E-state index contributed by atoms with van der Waals surface area (Å²) in [5, 5.41) is 19.5. The molecule has 1 aromatic rings. The minimum atomic E-state index is -0.630. The number of rotatable bonds is 7. The largest absolute Gasteiger partial charge is 0.387 e. The van der Waals surface area contributed by atoms with Gasteiger partial charge < -0.3 is 15.7 Å². The zero-order valence-electron chi connectivity index (χ0n) is 15.4. The van der Waals surface area contributed by atoms with Crippen molar-refractivity contribution in [3.63, 3.8) is 0 Å². The summed E-state index contributed by atoms with van der Waals surface area (Å²) in [4.78, 5) is 8.65. The molecule has 0 spiro atoms. The smallest absolute Gasteiger partial charge is 0.191 e. The van der Waals surface area contributed by atoms with E-state index in [9.17, 15) is 5.11 Å². The highest BCUT2D eigenvalue weighted by molar-refractivity contribution is 14.0. The Hall–Kier alpha value is -0.0300. The molecule has 0 aliphatic carbocycles. The van der Waals surface area contributed by atoms with E-state index in [4.69, 9.17) is 0 Å². The summed E-state index contributed by atoms with van der Waals surface area (Å²) >= 11 is 3.65. The second-order valence-corrected chi connectivity index (χ2v) is 8.96. The Kier molecular flexibility index (Phi) is 9.49. The highest BCUT2D eigenvalue weighted by Crippen LogP contribution is 2.29. The third-order valence-electron chi connectivity index (χ3n) is 4.87. The number of aliphatic imine (C=N–C) groups is 1. The van der Waals surface area contributed by atoms with Gasteiger partial charge in [0, 0.05) is 23.7 Å². The SMILES string of the molecule is CCNC(=NCC1(O)CCSC1)NCC(c1cccs1)N1CCCC1.I. The van der Waals surface area contributed by atoms with Crippen LogP contribution in [0.4, 0.5) is 0 Å². The number of aliphatic hydroxyl groups is 1. The van der Waals surface area contributed by atoms with E-state index >= 15 is 0 Å². The Balaban J connectivity index is 0.00000243. The van der Waals surface area contributed by atoms with Gasteiger partial charge in [-0.15, -0.1) is 35.3 Å². The molecule has 2 atom stereocenters. The lowest BCUT2D eigenvalue weighted by atomic mass is 10.1. The number of hydrogen-bond donors (Lipinski definition) is 3. The van der Waals surface area contributed by atoms with E-state index in [2.05, 4.69) is 45.0 Å². The van der Waals surface area contributed by atoms with Crippen LogP contribution in [0.3, 0.4) is 0 Å². The number of likely N-dealkylation sites (tertiary alicyclic amines) is 1. The van der Waals surface area contributed by atoms with Crippen molar-refractivity contribution < 1.29 is 5.11 Å². The summed E-state index contributed by atoms with van der Waals surface area (Å²) in [6.45, 7) is 6.58. The first-order valence-electron chi connectivity index (χ1n) is 9.30. The first kappa shape index (κ1) is 22.3. The van der Waals surface area contributed by atoms with E-state index in [1.807, 2.05) is 23.1 Å². The Morgan fingerprint density at radius 1 is 1.38 bits per heavy atom. The van der Waals surface area contributed by atoms with E-state index < -0.39 is 5.60 Å². The third kappa shape index (κ3) is 6.25. The second kappa shape index (κ2) is 11.1. The Bertz CT molecular complexity index is 543. The van der Waals surface area contributed by atoms with Crippen LogP contribution in [0.5, 0.6) is 0 Å². The molecule has 0 aromatic carbocycles. The summed E-state index contributed by atoms with van der Waals surface area (Å²) in [6.07, 6.45) is 3.42. The van der Waals surface area contributed by atoms with Crippen LogP contribution in [-0.2, 0) is 0 Å². The number of nitrogens with zero attached hydrogens (tertiary/aromatic N) is 2. The summed E-state index contributed by atoms with van der Waals surface area (Å²) in [5.74, 6) is 2.64. The molecular formula is C18H31IN4OS2. The monoisotopic (exact) mass is 510 g/mol. The lowest BCUT2D eigenvalue weighted by Gasteiger charge is -2.28. The fourth-order valence-electron chi connectivity index (χ4n) is 3.43. The van der Waals surface area contributed by atoms with Crippen molar-refractivity contribution in [3.05, 3.63) is 22.4 Å². The first-order chi connectivity index (χ1) is 12.2. The van der Waals surface area contributed by atoms with E-state index in [1.54, 1.807) is 0 Å². The van der Waals surface area contributed by atoms with Crippen LogP contribution >= 0.6 is 47.1 Å². The van der Waals surface area contributed by atoms with Gasteiger partial charge in [-0.2, -0.15) is 11.8 Å². The Morgan fingerprint density at radius 2 is 2.19 bits per heavy atom. The Labute approximate surface area is 182 Å². The molecule has 2 aliphatic rings. The van der Waals surface area contributed by atoms with Crippen molar-refractivity contribution in [1.82, 2.24) is 15.5 Å². The van der Waals surface area contributed by atoms with E-state index in [-0.39, 0.29) is 24.0 Å². The van der Waals surface area contributed by atoms with Crippen LogP contribution in [0.1, 0.15) is 37.1 Å². The van der Waals surface area contributed by atoms with Crippen molar-refractivity contribution in [3.8, 4) is 0 Å². The van der Waals surface area contributed by atoms with Crippen LogP contribution in [-0.4, -0.2) is 65.8 Å². The molecule has 5 nitrogen and oxygen atoms in total. The molecule has 3 heterocycles. The number of thiophene rings is 1. The molecule has 0 bridgehead atoms. The third-order valence-corrected chi connectivity index (χ3v) is 7.08. The number of thioether (sulfide) groups is 1. The maximum atomic E-state index is 10.5. The van der Waals surface area contributed by atoms with Crippen molar-refractivity contribution >= 4 is 53.0 Å². The topological polar surface area (TPSA) is 59.9 Å². The average Bonchev–Trinajstić information content (AvgIpc) is 3.36. The van der Waals surface area contributed by atoms with Crippen molar-refractivity contribution in [2.24, 2.45) is 4.99 Å². The molecular weight excluding hydrogens is 479 g/mol. The van der Waals surface area contributed by atoms with Crippen LogP contribution < -0.4 is 10.6 Å². The van der Waals surface area contributed by atoms with Crippen molar-refractivity contribution in [2.75, 3.05) is 44.2 Å². The van der Waals surface area contributed by atoms with Gasteiger partial charge in [0.1, 0.15) is 0 Å². The van der Waals surface area contributed by atoms with E-state index in [0.717, 1.165) is 37.0 Å². The lowest BCUT2D eigenvalue weighted by Crippen LogP contribution is -2.43. The van der Waals surface area contributed by atoms with Crippen molar-refractivity contribution in [1.29, 1.82) is 0 Å². The fourth-order valence-corrected chi connectivity index (χ4v) is 5.57. The van der Waals surface area contributed by atoms with Gasteiger partial charge in [0.25, 0.3) is 0 Å². The lowest BCUT2D eigenvalue weighted by molar-refractivity contribution is 0.0778. The number of halogens is 1.